The predicted molar refractivity (Wildman–Crippen MR) is 136 cm³/mol. The van der Waals surface area contributed by atoms with E-state index in [2.05, 4.69) is 15.3 Å². The number of hydrogen-bond donors (Lipinski definition) is 2. The molecule has 2 fully saturated rings. The molecule has 36 heavy (non-hydrogen) atoms. The Morgan fingerprint density at radius 2 is 2.06 bits per heavy atom. The van der Waals surface area contributed by atoms with Crippen molar-refractivity contribution in [2.75, 3.05) is 56.2 Å². The second kappa shape index (κ2) is 9.97. The molecule has 12 heteroatoms. The van der Waals surface area contributed by atoms with E-state index in [4.69, 9.17) is 21.7 Å². The molecule has 2 amide bonds. The number of nitrogens with one attached hydrogen (secondary N) is 2. The van der Waals surface area contributed by atoms with Gasteiger partial charge in [-0.25, -0.2) is 14.2 Å². The van der Waals surface area contributed by atoms with Crippen LogP contribution in [0.15, 0.2) is 42.7 Å². The minimum atomic E-state index is -0.544. The largest absolute Gasteiger partial charge is 0.474 e. The van der Waals surface area contributed by atoms with Crippen LogP contribution in [0.25, 0.3) is 11.0 Å². The number of nitrogens with zero attached hydrogens (tertiary/aromatic N) is 4. The summed E-state index contributed by atoms with van der Waals surface area (Å²) in [4.78, 5) is 37.5. The Kier molecular flexibility index (Phi) is 6.59. The Hall–Kier alpha value is -3.93. The number of carbonyl (C=O) groups excluding carboxylic acids is 2. The third kappa shape index (κ3) is 4.76. The van der Waals surface area contributed by atoms with E-state index in [0.29, 0.717) is 49.7 Å². The van der Waals surface area contributed by atoms with Crippen LogP contribution in [-0.4, -0.2) is 84.5 Å². The van der Waals surface area contributed by atoms with Gasteiger partial charge in [-0.05, 0) is 48.6 Å². The molecular weight excluding hydrogens is 487 g/mol. The second-order valence-corrected chi connectivity index (χ2v) is 8.91. The van der Waals surface area contributed by atoms with E-state index < -0.39 is 18.0 Å². The van der Waals surface area contributed by atoms with Crippen molar-refractivity contribution in [3.05, 3.63) is 54.1 Å². The topological polar surface area (TPSA) is 103 Å². The quantitative estimate of drug-likeness (QED) is 0.503. The van der Waals surface area contributed by atoms with Crippen LogP contribution in [0.3, 0.4) is 0 Å². The van der Waals surface area contributed by atoms with Crippen LogP contribution >= 0.6 is 12.2 Å². The number of benzene rings is 2. The van der Waals surface area contributed by atoms with Gasteiger partial charge in [0.25, 0.3) is 11.1 Å². The summed E-state index contributed by atoms with van der Waals surface area (Å²) in [6, 6.07) is 10.1. The first-order valence-electron chi connectivity index (χ1n) is 11.5. The summed E-state index contributed by atoms with van der Waals surface area (Å²) in [6.45, 7) is 2.49. The lowest BCUT2D eigenvalue weighted by atomic mass is 10.1. The molecule has 10 nitrogen and oxygen atoms in total. The number of aromatic nitrogens is 2. The summed E-state index contributed by atoms with van der Waals surface area (Å²) in [6.07, 6.45) is 0.615. The van der Waals surface area contributed by atoms with E-state index in [1.807, 2.05) is 11.0 Å². The summed E-state index contributed by atoms with van der Waals surface area (Å²) in [5.74, 6) is -0.503. The number of anilines is 2. The molecule has 0 bridgehead atoms. The summed E-state index contributed by atoms with van der Waals surface area (Å²) in [7, 11) is 1.45. The minimum absolute atomic E-state index is 0.0650. The third-order valence-electron chi connectivity index (χ3n) is 6.35. The second-order valence-electron chi connectivity index (χ2n) is 8.54. The van der Waals surface area contributed by atoms with Gasteiger partial charge in [0.1, 0.15) is 11.9 Å². The molecule has 2 aliphatic rings. The molecule has 2 aromatic carbocycles. The number of halogens is 1. The van der Waals surface area contributed by atoms with Gasteiger partial charge in [-0.3, -0.25) is 9.69 Å². The number of thiocarbonyl (C=S) groups is 1. The number of imidazole rings is 1. The van der Waals surface area contributed by atoms with Gasteiger partial charge in [-0.2, -0.15) is 0 Å². The number of aromatic amines is 1. The highest BCUT2D eigenvalue weighted by atomic mass is 32.1. The first-order chi connectivity index (χ1) is 17.4. The van der Waals surface area contributed by atoms with Crippen molar-refractivity contribution >= 4 is 51.8 Å². The van der Waals surface area contributed by atoms with Crippen molar-refractivity contribution in [2.45, 2.75) is 6.10 Å². The maximum atomic E-state index is 15.1. The monoisotopic (exact) mass is 512 g/mol. The Morgan fingerprint density at radius 3 is 2.81 bits per heavy atom. The molecule has 1 atom stereocenters. The number of cyclic esters (lactones) is 1. The van der Waals surface area contributed by atoms with Crippen LogP contribution < -0.4 is 15.1 Å². The first kappa shape index (κ1) is 23.8. The number of carbonyl (C=O) groups is 2. The zero-order chi connectivity index (χ0) is 25.2. The molecule has 2 aliphatic heterocycles. The molecule has 0 spiro atoms. The van der Waals surface area contributed by atoms with Crippen molar-refractivity contribution in [1.29, 1.82) is 0 Å². The van der Waals surface area contributed by atoms with Gasteiger partial charge in [-0.15, -0.1) is 0 Å². The summed E-state index contributed by atoms with van der Waals surface area (Å²) < 4.78 is 25.3. The van der Waals surface area contributed by atoms with Gasteiger partial charge >= 0.3 is 6.09 Å². The number of piperazine rings is 1. The van der Waals surface area contributed by atoms with Gasteiger partial charge in [0.05, 0.1) is 48.9 Å². The third-order valence-corrected chi connectivity index (χ3v) is 6.66. The van der Waals surface area contributed by atoms with E-state index in [0.717, 1.165) is 11.0 Å². The van der Waals surface area contributed by atoms with Crippen LogP contribution in [-0.2, 0) is 9.47 Å². The number of H-pyrrole nitrogens is 1. The number of amides is 2. The van der Waals surface area contributed by atoms with Crippen molar-refractivity contribution in [2.24, 2.45) is 0 Å². The fourth-order valence-electron chi connectivity index (χ4n) is 4.43. The molecule has 3 heterocycles. The van der Waals surface area contributed by atoms with Crippen molar-refractivity contribution < 1.29 is 23.5 Å². The summed E-state index contributed by atoms with van der Waals surface area (Å²) in [5, 5.41) is 3.06. The molecule has 0 unspecified atom stereocenters. The van der Waals surface area contributed by atoms with Crippen LogP contribution in [0.5, 0.6) is 0 Å². The van der Waals surface area contributed by atoms with Crippen LogP contribution in [0.4, 0.5) is 20.6 Å². The SMILES string of the molecule is COC(=S)NC[C@H]1CN(c2ccc(N3CCN(C(=O)c4ccc5nc[nH]c5c4)CC3)c(F)c2)C(=O)O1. The summed E-state index contributed by atoms with van der Waals surface area (Å²) >= 11 is 4.93. The molecule has 0 saturated carbocycles. The molecule has 3 aromatic rings. The number of methoxy groups -OCH3 is 1. The average molecular weight is 513 g/mol. The van der Waals surface area contributed by atoms with Crippen LogP contribution in [0, 0.1) is 5.82 Å². The van der Waals surface area contributed by atoms with E-state index in [1.54, 1.807) is 35.5 Å². The van der Waals surface area contributed by atoms with Gasteiger partial charge in [0.15, 0.2) is 0 Å². The Balaban J connectivity index is 1.20. The molecule has 1 aromatic heterocycles. The molecule has 0 radical (unpaired) electrons. The molecule has 2 N–H and O–H groups in total. The van der Waals surface area contributed by atoms with Crippen LogP contribution in [0.1, 0.15) is 10.4 Å². The Bertz CT molecular complexity index is 1310. The Labute approximate surface area is 212 Å². The lowest BCUT2D eigenvalue weighted by Gasteiger charge is -2.36. The highest BCUT2D eigenvalue weighted by Crippen LogP contribution is 2.29. The zero-order valence-corrected chi connectivity index (χ0v) is 20.4. The van der Waals surface area contributed by atoms with E-state index in [9.17, 15) is 9.59 Å². The average Bonchev–Trinajstić information content (AvgIpc) is 3.52. The van der Waals surface area contributed by atoms with Crippen molar-refractivity contribution in [3.8, 4) is 0 Å². The van der Waals surface area contributed by atoms with Gasteiger partial charge in [-0.1, -0.05) is 0 Å². The minimum Gasteiger partial charge on any atom is -0.474 e. The van der Waals surface area contributed by atoms with Crippen molar-refractivity contribution in [1.82, 2.24) is 20.2 Å². The lowest BCUT2D eigenvalue weighted by molar-refractivity contribution is 0.0746. The van der Waals surface area contributed by atoms with Crippen molar-refractivity contribution in [3.63, 3.8) is 0 Å². The Morgan fingerprint density at radius 1 is 1.25 bits per heavy atom. The molecule has 0 aliphatic carbocycles. The summed E-state index contributed by atoms with van der Waals surface area (Å²) in [5.41, 5.74) is 3.05. The van der Waals surface area contributed by atoms with Gasteiger partial charge in [0, 0.05) is 31.7 Å². The highest BCUT2D eigenvalue weighted by Gasteiger charge is 2.33. The maximum absolute atomic E-state index is 15.1. The molecule has 5 rings (SSSR count). The van der Waals surface area contributed by atoms with Gasteiger partial charge < -0.3 is 29.6 Å². The number of rotatable bonds is 5. The van der Waals surface area contributed by atoms with Gasteiger partial charge in [0.2, 0.25) is 0 Å². The normalized spacial score (nSPS) is 17.9. The molecule has 188 valence electrons. The first-order valence-corrected chi connectivity index (χ1v) is 11.9. The lowest BCUT2D eigenvalue weighted by Crippen LogP contribution is -2.49. The maximum Gasteiger partial charge on any atom is 0.414 e. The van der Waals surface area contributed by atoms with E-state index >= 15 is 4.39 Å². The standard InChI is InChI=1S/C24H25FN6O4S/c1-34-23(36)26-12-17-13-31(24(33)35-17)16-3-5-21(18(25)11-16)29-6-8-30(9-7-29)22(32)15-2-4-19-20(10-15)28-14-27-19/h2-5,10-11,14,17H,6-9,12-13H2,1H3,(H,26,36)(H,27,28)/t17-/m0/s1. The fourth-order valence-corrected chi connectivity index (χ4v) is 4.51. The van der Waals surface area contributed by atoms with E-state index in [1.165, 1.54) is 18.1 Å². The molecule has 2 saturated heterocycles. The molecular formula is C24H25FN6O4S. The van der Waals surface area contributed by atoms with E-state index in [-0.39, 0.29) is 17.6 Å². The fraction of sp³-hybridized carbons (Fsp3) is 0.333. The number of hydrogen-bond acceptors (Lipinski definition) is 7. The predicted octanol–water partition coefficient (Wildman–Crippen LogP) is 2.51. The smallest absolute Gasteiger partial charge is 0.414 e. The number of fused-ring (bicyclic) bond motifs is 1. The zero-order valence-electron chi connectivity index (χ0n) is 19.6. The van der Waals surface area contributed by atoms with Crippen LogP contribution in [0.2, 0.25) is 0 Å². The highest BCUT2D eigenvalue weighted by molar-refractivity contribution is 7.80. The number of ether oxygens (including phenoxy) is 2.